The standard InChI is InChI=1S/C10H11BrFNO/c11-10-2-1-8(12)3-7(10)4-13-5-9(14)6-13/h1-3,9,14H,4-6H2. The SMILES string of the molecule is OC1CN(Cc2cc(F)ccc2Br)C1. The summed E-state index contributed by atoms with van der Waals surface area (Å²) < 4.78 is 13.8. The zero-order chi connectivity index (χ0) is 10.1. The fourth-order valence-electron chi connectivity index (χ4n) is 1.58. The second-order valence-electron chi connectivity index (χ2n) is 3.58. The zero-order valence-electron chi connectivity index (χ0n) is 7.58. The highest BCUT2D eigenvalue weighted by Crippen LogP contribution is 2.21. The molecule has 1 aliphatic heterocycles. The number of aliphatic hydroxyl groups is 1. The number of benzene rings is 1. The number of hydrogen-bond acceptors (Lipinski definition) is 2. The predicted octanol–water partition coefficient (Wildman–Crippen LogP) is 1.76. The van der Waals surface area contributed by atoms with E-state index in [1.165, 1.54) is 12.1 Å². The fraction of sp³-hybridized carbons (Fsp3) is 0.400. The van der Waals surface area contributed by atoms with Gasteiger partial charge >= 0.3 is 0 Å². The van der Waals surface area contributed by atoms with Crippen LogP contribution in [0, 0.1) is 5.82 Å². The van der Waals surface area contributed by atoms with Crippen molar-refractivity contribution < 1.29 is 9.50 Å². The summed E-state index contributed by atoms with van der Waals surface area (Å²) in [5.74, 6) is -0.218. The van der Waals surface area contributed by atoms with E-state index >= 15 is 0 Å². The van der Waals surface area contributed by atoms with E-state index in [2.05, 4.69) is 20.8 Å². The van der Waals surface area contributed by atoms with Crippen molar-refractivity contribution in [3.63, 3.8) is 0 Å². The molecule has 4 heteroatoms. The molecule has 76 valence electrons. The Kier molecular flexibility index (Phi) is 2.85. The summed E-state index contributed by atoms with van der Waals surface area (Å²) in [4.78, 5) is 2.07. The van der Waals surface area contributed by atoms with Gasteiger partial charge in [-0.1, -0.05) is 15.9 Å². The van der Waals surface area contributed by atoms with Gasteiger partial charge < -0.3 is 5.11 Å². The molecule has 1 aromatic carbocycles. The average Bonchev–Trinajstić information content (AvgIpc) is 2.09. The lowest BCUT2D eigenvalue weighted by atomic mass is 10.1. The third-order valence-corrected chi connectivity index (χ3v) is 3.11. The molecule has 2 rings (SSSR count). The van der Waals surface area contributed by atoms with Crippen LogP contribution in [0.15, 0.2) is 22.7 Å². The highest BCUT2D eigenvalue weighted by Gasteiger charge is 2.24. The molecular weight excluding hydrogens is 249 g/mol. The molecule has 1 N–H and O–H groups in total. The molecule has 1 heterocycles. The molecule has 0 bridgehead atoms. The maximum absolute atomic E-state index is 12.9. The van der Waals surface area contributed by atoms with Gasteiger partial charge in [0.1, 0.15) is 5.82 Å². The molecule has 0 aliphatic carbocycles. The molecular formula is C10H11BrFNO. The van der Waals surface area contributed by atoms with Crippen LogP contribution < -0.4 is 0 Å². The van der Waals surface area contributed by atoms with Gasteiger partial charge in [0, 0.05) is 24.1 Å². The molecule has 0 spiro atoms. The van der Waals surface area contributed by atoms with E-state index in [4.69, 9.17) is 5.11 Å². The Labute approximate surface area is 90.5 Å². The van der Waals surface area contributed by atoms with E-state index in [1.807, 2.05) is 0 Å². The van der Waals surface area contributed by atoms with Crippen LogP contribution in [-0.4, -0.2) is 29.2 Å². The maximum Gasteiger partial charge on any atom is 0.123 e. The molecule has 0 amide bonds. The van der Waals surface area contributed by atoms with Gasteiger partial charge in [-0.15, -0.1) is 0 Å². The minimum absolute atomic E-state index is 0.206. The van der Waals surface area contributed by atoms with Gasteiger partial charge in [-0.2, -0.15) is 0 Å². The van der Waals surface area contributed by atoms with Crippen LogP contribution in [0.25, 0.3) is 0 Å². The Bertz CT molecular complexity index is 339. The monoisotopic (exact) mass is 259 g/mol. The Morgan fingerprint density at radius 1 is 1.50 bits per heavy atom. The van der Waals surface area contributed by atoms with Crippen LogP contribution in [0.3, 0.4) is 0 Å². The Balaban J connectivity index is 2.05. The van der Waals surface area contributed by atoms with Crippen molar-refractivity contribution in [2.75, 3.05) is 13.1 Å². The molecule has 2 nitrogen and oxygen atoms in total. The highest BCUT2D eigenvalue weighted by atomic mass is 79.9. The smallest absolute Gasteiger partial charge is 0.123 e. The van der Waals surface area contributed by atoms with Crippen molar-refractivity contribution >= 4 is 15.9 Å². The van der Waals surface area contributed by atoms with Crippen LogP contribution in [0.5, 0.6) is 0 Å². The van der Waals surface area contributed by atoms with Crippen molar-refractivity contribution in [3.05, 3.63) is 34.1 Å². The first-order valence-electron chi connectivity index (χ1n) is 4.49. The van der Waals surface area contributed by atoms with E-state index < -0.39 is 0 Å². The zero-order valence-corrected chi connectivity index (χ0v) is 9.17. The largest absolute Gasteiger partial charge is 0.390 e. The van der Waals surface area contributed by atoms with Gasteiger partial charge in [0.15, 0.2) is 0 Å². The molecule has 1 aromatic rings. The maximum atomic E-state index is 12.9. The summed E-state index contributed by atoms with van der Waals surface area (Å²) in [6.07, 6.45) is -0.206. The molecule has 0 radical (unpaired) electrons. The molecule has 1 saturated heterocycles. The van der Waals surface area contributed by atoms with E-state index in [0.717, 1.165) is 10.0 Å². The van der Waals surface area contributed by atoms with Gasteiger partial charge in [0.2, 0.25) is 0 Å². The third-order valence-electron chi connectivity index (χ3n) is 2.34. The first-order valence-corrected chi connectivity index (χ1v) is 5.29. The second kappa shape index (κ2) is 3.96. The van der Waals surface area contributed by atoms with Gasteiger partial charge in [-0.25, -0.2) is 4.39 Å². The Morgan fingerprint density at radius 2 is 2.21 bits per heavy atom. The minimum atomic E-state index is -0.218. The summed E-state index contributed by atoms with van der Waals surface area (Å²) in [6.45, 7) is 2.06. The van der Waals surface area contributed by atoms with Crippen molar-refractivity contribution in [2.24, 2.45) is 0 Å². The number of aliphatic hydroxyl groups excluding tert-OH is 1. The second-order valence-corrected chi connectivity index (χ2v) is 4.44. The van der Waals surface area contributed by atoms with Crippen LogP contribution in [0.1, 0.15) is 5.56 Å². The van der Waals surface area contributed by atoms with E-state index in [-0.39, 0.29) is 11.9 Å². The van der Waals surface area contributed by atoms with Crippen molar-refractivity contribution in [1.82, 2.24) is 4.90 Å². The van der Waals surface area contributed by atoms with Crippen LogP contribution in [-0.2, 0) is 6.54 Å². The van der Waals surface area contributed by atoms with Crippen molar-refractivity contribution in [2.45, 2.75) is 12.6 Å². The fourth-order valence-corrected chi connectivity index (χ4v) is 1.95. The normalized spacial score (nSPS) is 18.2. The topological polar surface area (TPSA) is 23.5 Å². The lowest BCUT2D eigenvalue weighted by Gasteiger charge is -2.36. The predicted molar refractivity (Wildman–Crippen MR) is 55.4 cm³/mol. The van der Waals surface area contributed by atoms with E-state index in [9.17, 15) is 4.39 Å². The third kappa shape index (κ3) is 2.13. The number of hydrogen-bond donors (Lipinski definition) is 1. The number of β-amino-alcohol motifs (C(OH)–C–C–N with tert-alkyl or cyclic N) is 1. The summed E-state index contributed by atoms with van der Waals surface area (Å²) in [6, 6.07) is 4.66. The van der Waals surface area contributed by atoms with E-state index in [0.29, 0.717) is 19.6 Å². The van der Waals surface area contributed by atoms with Gasteiger partial charge in [-0.3, -0.25) is 4.90 Å². The molecule has 0 saturated carbocycles. The highest BCUT2D eigenvalue weighted by molar-refractivity contribution is 9.10. The lowest BCUT2D eigenvalue weighted by molar-refractivity contribution is -0.00301. The minimum Gasteiger partial charge on any atom is -0.390 e. The first-order chi connectivity index (χ1) is 6.65. The Morgan fingerprint density at radius 3 is 2.86 bits per heavy atom. The summed E-state index contributed by atoms with van der Waals surface area (Å²) in [7, 11) is 0. The van der Waals surface area contributed by atoms with Crippen molar-refractivity contribution in [1.29, 1.82) is 0 Å². The summed E-state index contributed by atoms with van der Waals surface area (Å²) >= 11 is 3.37. The molecule has 1 fully saturated rings. The lowest BCUT2D eigenvalue weighted by Crippen LogP contribution is -2.49. The summed E-state index contributed by atoms with van der Waals surface area (Å²) in [5, 5.41) is 9.09. The average molecular weight is 260 g/mol. The van der Waals surface area contributed by atoms with Crippen LogP contribution in [0.2, 0.25) is 0 Å². The molecule has 14 heavy (non-hydrogen) atoms. The van der Waals surface area contributed by atoms with E-state index in [1.54, 1.807) is 6.07 Å². The van der Waals surface area contributed by atoms with Crippen molar-refractivity contribution in [3.8, 4) is 0 Å². The molecule has 1 aliphatic rings. The van der Waals surface area contributed by atoms with Crippen LogP contribution in [0.4, 0.5) is 4.39 Å². The number of nitrogens with zero attached hydrogens (tertiary/aromatic N) is 1. The molecule has 0 aromatic heterocycles. The number of rotatable bonds is 2. The van der Waals surface area contributed by atoms with Gasteiger partial charge in [-0.05, 0) is 23.8 Å². The quantitative estimate of drug-likeness (QED) is 0.875. The first kappa shape index (κ1) is 10.1. The van der Waals surface area contributed by atoms with Gasteiger partial charge in [0.05, 0.1) is 6.10 Å². The molecule has 0 unspecified atom stereocenters. The number of halogens is 2. The Hall–Kier alpha value is -0.450. The van der Waals surface area contributed by atoms with Crippen LogP contribution >= 0.6 is 15.9 Å². The molecule has 0 atom stereocenters. The summed E-state index contributed by atoms with van der Waals surface area (Å²) in [5.41, 5.74) is 0.928. The van der Waals surface area contributed by atoms with Gasteiger partial charge in [0.25, 0.3) is 0 Å². The number of likely N-dealkylation sites (tertiary alicyclic amines) is 1.